The Morgan fingerprint density at radius 2 is 2.00 bits per heavy atom. The fourth-order valence-electron chi connectivity index (χ4n) is 1.90. The van der Waals surface area contributed by atoms with Crippen LogP contribution in [0.25, 0.3) is 0 Å². The lowest BCUT2D eigenvalue weighted by Gasteiger charge is -2.12. The summed E-state index contributed by atoms with van der Waals surface area (Å²) in [4.78, 5) is 0. The van der Waals surface area contributed by atoms with Crippen molar-refractivity contribution in [2.75, 3.05) is 0 Å². The van der Waals surface area contributed by atoms with Gasteiger partial charge in [-0.05, 0) is 55.3 Å². The summed E-state index contributed by atoms with van der Waals surface area (Å²) in [7, 11) is 0. The SMILES string of the molecule is Cc1cc(C(C)O)ccc1OCc1cc(F)ccc1Cl. The highest BCUT2D eigenvalue weighted by atomic mass is 35.5. The number of hydrogen-bond donors (Lipinski definition) is 1. The fourth-order valence-corrected chi connectivity index (χ4v) is 2.08. The number of ether oxygens (including phenoxy) is 1. The van der Waals surface area contributed by atoms with Crippen molar-refractivity contribution < 1.29 is 14.2 Å². The van der Waals surface area contributed by atoms with Crippen LogP contribution in [0.3, 0.4) is 0 Å². The second-order valence-electron chi connectivity index (χ2n) is 4.73. The van der Waals surface area contributed by atoms with Crippen molar-refractivity contribution in [1.82, 2.24) is 0 Å². The smallest absolute Gasteiger partial charge is 0.123 e. The van der Waals surface area contributed by atoms with E-state index in [1.54, 1.807) is 19.1 Å². The fraction of sp³-hybridized carbons (Fsp3) is 0.250. The number of aryl methyl sites for hydroxylation is 1. The molecule has 0 spiro atoms. The highest BCUT2D eigenvalue weighted by Crippen LogP contribution is 2.25. The lowest BCUT2D eigenvalue weighted by Crippen LogP contribution is -2.00. The van der Waals surface area contributed by atoms with Gasteiger partial charge in [-0.25, -0.2) is 4.39 Å². The van der Waals surface area contributed by atoms with Gasteiger partial charge in [0.05, 0.1) is 6.10 Å². The minimum atomic E-state index is -0.514. The molecule has 0 saturated heterocycles. The van der Waals surface area contributed by atoms with Crippen LogP contribution in [0.15, 0.2) is 36.4 Å². The molecule has 0 aliphatic carbocycles. The van der Waals surface area contributed by atoms with E-state index in [9.17, 15) is 9.50 Å². The molecule has 2 nitrogen and oxygen atoms in total. The van der Waals surface area contributed by atoms with Gasteiger partial charge >= 0.3 is 0 Å². The summed E-state index contributed by atoms with van der Waals surface area (Å²) in [6.07, 6.45) is -0.514. The summed E-state index contributed by atoms with van der Waals surface area (Å²) in [6.45, 7) is 3.81. The first-order valence-corrected chi connectivity index (χ1v) is 6.70. The summed E-state index contributed by atoms with van der Waals surface area (Å²) < 4.78 is 18.8. The predicted octanol–water partition coefficient (Wildman–Crippen LogP) is 4.42. The second kappa shape index (κ2) is 6.25. The number of aliphatic hydroxyl groups excluding tert-OH is 1. The zero-order valence-corrected chi connectivity index (χ0v) is 12.1. The van der Waals surface area contributed by atoms with E-state index in [1.807, 2.05) is 13.0 Å². The van der Waals surface area contributed by atoms with Crippen molar-refractivity contribution >= 4 is 11.6 Å². The molecule has 0 amide bonds. The molecule has 1 unspecified atom stereocenters. The zero-order chi connectivity index (χ0) is 14.7. The molecule has 0 radical (unpaired) electrons. The molecule has 1 atom stereocenters. The standard InChI is InChI=1S/C16H16ClFO2/c1-10-7-12(11(2)19)3-6-16(10)20-9-13-8-14(18)4-5-15(13)17/h3-8,11,19H,9H2,1-2H3. The van der Waals surface area contributed by atoms with Gasteiger partial charge in [-0.1, -0.05) is 17.7 Å². The first kappa shape index (κ1) is 14.8. The molecular weight excluding hydrogens is 279 g/mol. The molecule has 0 aromatic heterocycles. The van der Waals surface area contributed by atoms with Gasteiger partial charge < -0.3 is 9.84 Å². The van der Waals surface area contributed by atoms with Crippen LogP contribution >= 0.6 is 11.6 Å². The molecule has 20 heavy (non-hydrogen) atoms. The van der Waals surface area contributed by atoms with E-state index >= 15 is 0 Å². The van der Waals surface area contributed by atoms with Gasteiger partial charge in [0.2, 0.25) is 0 Å². The number of aliphatic hydroxyl groups is 1. The Labute approximate surface area is 122 Å². The lowest BCUT2D eigenvalue weighted by molar-refractivity contribution is 0.199. The van der Waals surface area contributed by atoms with Crippen molar-refractivity contribution in [3.8, 4) is 5.75 Å². The molecule has 4 heteroatoms. The first-order valence-electron chi connectivity index (χ1n) is 6.32. The molecule has 0 bridgehead atoms. The molecule has 0 fully saturated rings. The number of halogens is 2. The van der Waals surface area contributed by atoms with Crippen molar-refractivity contribution in [1.29, 1.82) is 0 Å². The van der Waals surface area contributed by atoms with Crippen LogP contribution in [-0.2, 0) is 6.61 Å². The van der Waals surface area contributed by atoms with Crippen LogP contribution in [0.1, 0.15) is 29.7 Å². The van der Waals surface area contributed by atoms with Crippen LogP contribution in [0.5, 0.6) is 5.75 Å². The third-order valence-corrected chi connectivity index (χ3v) is 3.44. The number of benzene rings is 2. The Bertz CT molecular complexity index is 611. The summed E-state index contributed by atoms with van der Waals surface area (Å²) in [5.74, 6) is 0.351. The third-order valence-electron chi connectivity index (χ3n) is 3.07. The van der Waals surface area contributed by atoms with Gasteiger partial charge in [0.1, 0.15) is 18.2 Å². The van der Waals surface area contributed by atoms with Crippen LogP contribution in [0.2, 0.25) is 5.02 Å². The van der Waals surface area contributed by atoms with E-state index in [0.717, 1.165) is 11.1 Å². The van der Waals surface area contributed by atoms with Gasteiger partial charge in [-0.3, -0.25) is 0 Å². The van der Waals surface area contributed by atoms with Crippen LogP contribution in [0.4, 0.5) is 4.39 Å². The Hall–Kier alpha value is -1.58. The maximum Gasteiger partial charge on any atom is 0.123 e. The van der Waals surface area contributed by atoms with E-state index in [0.29, 0.717) is 16.3 Å². The molecule has 2 aromatic carbocycles. The Kier molecular flexibility index (Phi) is 4.63. The zero-order valence-electron chi connectivity index (χ0n) is 11.4. The Morgan fingerprint density at radius 3 is 2.65 bits per heavy atom. The van der Waals surface area contributed by atoms with Crippen LogP contribution < -0.4 is 4.74 Å². The maximum absolute atomic E-state index is 13.2. The van der Waals surface area contributed by atoms with Gasteiger partial charge in [0.25, 0.3) is 0 Å². The quantitative estimate of drug-likeness (QED) is 0.904. The van der Waals surface area contributed by atoms with E-state index in [-0.39, 0.29) is 12.4 Å². The van der Waals surface area contributed by atoms with Crippen molar-refractivity contribution in [2.24, 2.45) is 0 Å². The average Bonchev–Trinajstić information content (AvgIpc) is 2.40. The van der Waals surface area contributed by atoms with Crippen molar-refractivity contribution in [3.63, 3.8) is 0 Å². The first-order chi connectivity index (χ1) is 9.47. The molecule has 0 aliphatic rings. The molecule has 0 heterocycles. The van der Waals surface area contributed by atoms with Crippen LogP contribution in [0, 0.1) is 12.7 Å². The van der Waals surface area contributed by atoms with E-state index < -0.39 is 6.10 Å². The summed E-state index contributed by atoms with van der Waals surface area (Å²) in [5.41, 5.74) is 2.35. The van der Waals surface area contributed by atoms with E-state index in [1.165, 1.54) is 18.2 Å². The summed E-state index contributed by atoms with van der Waals surface area (Å²) >= 11 is 5.99. The Balaban J connectivity index is 2.13. The normalized spacial score (nSPS) is 12.2. The average molecular weight is 295 g/mol. The molecule has 2 aromatic rings. The van der Waals surface area contributed by atoms with E-state index in [2.05, 4.69) is 0 Å². The number of rotatable bonds is 4. The molecular formula is C16H16ClFO2. The van der Waals surface area contributed by atoms with Gasteiger partial charge in [0.15, 0.2) is 0 Å². The third kappa shape index (κ3) is 3.50. The molecule has 0 aliphatic heterocycles. The Morgan fingerprint density at radius 1 is 1.25 bits per heavy atom. The summed E-state index contributed by atoms with van der Waals surface area (Å²) in [5, 5.41) is 9.99. The maximum atomic E-state index is 13.2. The summed E-state index contributed by atoms with van der Waals surface area (Å²) in [6, 6.07) is 9.66. The van der Waals surface area contributed by atoms with Gasteiger partial charge in [0, 0.05) is 10.6 Å². The highest BCUT2D eigenvalue weighted by molar-refractivity contribution is 6.31. The van der Waals surface area contributed by atoms with Crippen molar-refractivity contribution in [3.05, 3.63) is 63.9 Å². The minimum Gasteiger partial charge on any atom is -0.489 e. The monoisotopic (exact) mass is 294 g/mol. The minimum absolute atomic E-state index is 0.200. The van der Waals surface area contributed by atoms with Crippen molar-refractivity contribution in [2.45, 2.75) is 26.6 Å². The van der Waals surface area contributed by atoms with Gasteiger partial charge in [-0.15, -0.1) is 0 Å². The predicted molar refractivity (Wildman–Crippen MR) is 77.6 cm³/mol. The van der Waals surface area contributed by atoms with E-state index in [4.69, 9.17) is 16.3 Å². The molecule has 2 rings (SSSR count). The lowest BCUT2D eigenvalue weighted by atomic mass is 10.1. The molecule has 1 N–H and O–H groups in total. The van der Waals surface area contributed by atoms with Gasteiger partial charge in [-0.2, -0.15) is 0 Å². The topological polar surface area (TPSA) is 29.5 Å². The van der Waals surface area contributed by atoms with Crippen LogP contribution in [-0.4, -0.2) is 5.11 Å². The highest BCUT2D eigenvalue weighted by Gasteiger charge is 2.07. The number of hydrogen-bond acceptors (Lipinski definition) is 2. The second-order valence-corrected chi connectivity index (χ2v) is 5.13. The largest absolute Gasteiger partial charge is 0.489 e. The molecule has 0 saturated carbocycles. The molecule has 106 valence electrons.